The molecule has 0 bridgehead atoms. The van der Waals surface area contributed by atoms with Gasteiger partial charge in [-0.05, 0) is 84.9 Å². The van der Waals surface area contributed by atoms with Gasteiger partial charge in [-0.2, -0.15) is 9.97 Å². The van der Waals surface area contributed by atoms with Crippen molar-refractivity contribution < 1.29 is 0 Å². The first kappa shape index (κ1) is 38.5. The van der Waals surface area contributed by atoms with Gasteiger partial charge in [-0.1, -0.05) is 152 Å². The summed E-state index contributed by atoms with van der Waals surface area (Å²) >= 11 is 0. The molecule has 70 heavy (non-hydrogen) atoms. The Kier molecular flexibility index (Phi) is 8.23. The summed E-state index contributed by atoms with van der Waals surface area (Å²) in [6.07, 6.45) is 0. The maximum atomic E-state index is 5.45. The molecule has 7 nitrogen and oxygen atoms in total. The second-order valence-corrected chi connectivity index (χ2v) is 18.0. The van der Waals surface area contributed by atoms with E-state index < -0.39 is 0 Å². The van der Waals surface area contributed by atoms with Crippen LogP contribution in [0.3, 0.4) is 0 Å². The number of hydrogen-bond donors (Lipinski definition) is 0. The largest absolute Gasteiger partial charge is 0.309 e. The van der Waals surface area contributed by atoms with Gasteiger partial charge in [0.05, 0.1) is 44.1 Å². The van der Waals surface area contributed by atoms with E-state index in [2.05, 4.69) is 237 Å². The highest BCUT2D eigenvalue weighted by molar-refractivity contribution is 6.24. The Bertz CT molecular complexity index is 4470. The van der Waals surface area contributed by atoms with E-state index in [1.165, 1.54) is 43.6 Å². The minimum atomic E-state index is 0.546. The Hall–Kier alpha value is -9.59. The zero-order valence-electron chi connectivity index (χ0n) is 37.6. The van der Waals surface area contributed by atoms with E-state index in [4.69, 9.17) is 15.0 Å². The Morgan fingerprint density at radius 3 is 1.14 bits per heavy atom. The first-order valence-electron chi connectivity index (χ1n) is 23.7. The van der Waals surface area contributed by atoms with Crippen molar-refractivity contribution in [3.8, 4) is 45.8 Å². The fourth-order valence-corrected chi connectivity index (χ4v) is 11.2. The van der Waals surface area contributed by atoms with Gasteiger partial charge >= 0.3 is 0 Å². The van der Waals surface area contributed by atoms with Gasteiger partial charge < -0.3 is 13.7 Å². The van der Waals surface area contributed by atoms with E-state index in [1.807, 2.05) is 18.2 Å². The Labute approximate surface area is 401 Å². The van der Waals surface area contributed by atoms with Crippen LogP contribution in [-0.2, 0) is 0 Å². The lowest BCUT2D eigenvalue weighted by Crippen LogP contribution is -2.07. The first-order chi connectivity index (χ1) is 34.7. The van der Waals surface area contributed by atoms with Gasteiger partial charge in [0.15, 0.2) is 11.6 Å². The Morgan fingerprint density at radius 2 is 0.600 bits per heavy atom. The van der Waals surface area contributed by atoms with Crippen LogP contribution in [0.5, 0.6) is 0 Å². The van der Waals surface area contributed by atoms with Crippen molar-refractivity contribution in [2.75, 3.05) is 0 Å². The predicted octanol–water partition coefficient (Wildman–Crippen LogP) is 15.6. The molecule has 0 amide bonds. The van der Waals surface area contributed by atoms with Crippen molar-refractivity contribution in [1.29, 1.82) is 0 Å². The summed E-state index contributed by atoms with van der Waals surface area (Å²) in [6, 6.07) is 84.3. The molecule has 15 rings (SSSR count). The molecule has 10 aromatic carbocycles. The van der Waals surface area contributed by atoms with Gasteiger partial charge in [-0.3, -0.25) is 4.57 Å². The smallest absolute Gasteiger partial charge is 0.238 e. The molecule has 7 heteroatoms. The second kappa shape index (κ2) is 15.0. The lowest BCUT2D eigenvalue weighted by Gasteiger charge is -2.14. The monoisotopic (exact) mass is 893 g/mol. The third-order valence-electron chi connectivity index (χ3n) is 14.2. The van der Waals surface area contributed by atoms with E-state index >= 15 is 0 Å². The summed E-state index contributed by atoms with van der Waals surface area (Å²) < 4.78 is 9.43. The molecule has 0 aliphatic rings. The lowest BCUT2D eigenvalue weighted by atomic mass is 10.1. The average Bonchev–Trinajstić information content (AvgIpc) is 4.16. The summed E-state index contributed by atoms with van der Waals surface area (Å²) in [6.45, 7) is 0. The Morgan fingerprint density at radius 1 is 0.229 bits per heavy atom. The van der Waals surface area contributed by atoms with Gasteiger partial charge in [0, 0.05) is 71.3 Å². The van der Waals surface area contributed by atoms with Crippen LogP contribution < -0.4 is 0 Å². The average molecular weight is 894 g/mol. The number of aromatic nitrogens is 7. The quantitative estimate of drug-likeness (QED) is 0.167. The molecule has 326 valence electrons. The first-order valence-corrected chi connectivity index (χ1v) is 23.7. The zero-order chi connectivity index (χ0) is 45.9. The van der Waals surface area contributed by atoms with Crippen LogP contribution in [0, 0.1) is 0 Å². The molecule has 0 N–H and O–H groups in total. The third kappa shape index (κ3) is 5.60. The van der Waals surface area contributed by atoms with Crippen molar-refractivity contribution >= 4 is 87.2 Å². The van der Waals surface area contributed by atoms with Crippen LogP contribution in [0.1, 0.15) is 0 Å². The lowest BCUT2D eigenvalue weighted by molar-refractivity contribution is 0.953. The normalized spacial score (nSPS) is 12.0. The summed E-state index contributed by atoms with van der Waals surface area (Å²) in [5.41, 5.74) is 14.0. The number of nitrogens with zero attached hydrogens (tertiary/aromatic N) is 7. The van der Waals surface area contributed by atoms with E-state index in [0.29, 0.717) is 17.6 Å². The molecule has 0 fully saturated rings. The number of hydrogen-bond acceptors (Lipinski definition) is 3. The van der Waals surface area contributed by atoms with Crippen molar-refractivity contribution in [3.63, 3.8) is 0 Å². The van der Waals surface area contributed by atoms with Crippen LogP contribution in [-0.4, -0.2) is 33.2 Å². The maximum absolute atomic E-state index is 5.45. The summed E-state index contributed by atoms with van der Waals surface area (Å²) in [5.74, 6) is 1.74. The summed E-state index contributed by atoms with van der Waals surface area (Å²) in [7, 11) is 0. The third-order valence-corrected chi connectivity index (χ3v) is 14.2. The minimum Gasteiger partial charge on any atom is -0.309 e. The van der Waals surface area contributed by atoms with E-state index in [-0.39, 0.29) is 0 Å². The van der Waals surface area contributed by atoms with Crippen LogP contribution in [0.2, 0.25) is 0 Å². The van der Waals surface area contributed by atoms with Crippen molar-refractivity contribution in [3.05, 3.63) is 237 Å². The van der Waals surface area contributed by atoms with E-state index in [1.54, 1.807) is 0 Å². The van der Waals surface area contributed by atoms with Crippen LogP contribution >= 0.6 is 0 Å². The minimum absolute atomic E-state index is 0.546. The SMILES string of the molecule is c1ccc(-c2nc(-c3ccc(-n4c5ccccc5c5ccccc54)cc3)nc(-n3c4ccccc4c4ccc5c6cc(-n7c8ccccc8c8ccccc87)ccc6n(-c6ccccc6)c5c43)n2)cc1. The van der Waals surface area contributed by atoms with Crippen molar-refractivity contribution in [2.24, 2.45) is 0 Å². The Balaban J connectivity index is 0.996. The molecule has 0 aliphatic heterocycles. The topological polar surface area (TPSA) is 58.4 Å². The molecule has 0 atom stereocenters. The van der Waals surface area contributed by atoms with Gasteiger partial charge in [-0.15, -0.1) is 0 Å². The molecule has 5 heterocycles. The summed E-state index contributed by atoms with van der Waals surface area (Å²) in [4.78, 5) is 16.1. The number of rotatable bonds is 6. The number of fused-ring (bicyclic) bond motifs is 13. The van der Waals surface area contributed by atoms with Gasteiger partial charge in [0.2, 0.25) is 5.95 Å². The molecule has 0 saturated carbocycles. The van der Waals surface area contributed by atoms with Gasteiger partial charge in [-0.25, -0.2) is 4.98 Å². The number of benzene rings is 10. The molecular formula is C63H39N7. The molecule has 0 unspecified atom stereocenters. The molecule has 0 spiro atoms. The highest BCUT2D eigenvalue weighted by Crippen LogP contribution is 2.43. The molecule has 15 aromatic rings. The van der Waals surface area contributed by atoms with Gasteiger partial charge in [0.25, 0.3) is 0 Å². The van der Waals surface area contributed by atoms with Crippen LogP contribution in [0.4, 0.5) is 0 Å². The van der Waals surface area contributed by atoms with E-state index in [9.17, 15) is 0 Å². The molecular weight excluding hydrogens is 855 g/mol. The van der Waals surface area contributed by atoms with Crippen molar-refractivity contribution in [1.82, 2.24) is 33.2 Å². The number of para-hydroxylation sites is 6. The molecule has 5 aromatic heterocycles. The molecule has 0 saturated heterocycles. The van der Waals surface area contributed by atoms with Crippen LogP contribution in [0.15, 0.2) is 237 Å². The highest BCUT2D eigenvalue weighted by atomic mass is 15.2. The molecule has 0 radical (unpaired) electrons. The maximum Gasteiger partial charge on any atom is 0.238 e. The van der Waals surface area contributed by atoms with Gasteiger partial charge in [0.1, 0.15) is 0 Å². The highest BCUT2D eigenvalue weighted by Gasteiger charge is 2.25. The molecule has 0 aliphatic carbocycles. The van der Waals surface area contributed by atoms with Crippen molar-refractivity contribution in [2.45, 2.75) is 0 Å². The second-order valence-electron chi connectivity index (χ2n) is 18.0. The van der Waals surface area contributed by atoms with E-state index in [0.717, 1.165) is 71.8 Å². The zero-order valence-corrected chi connectivity index (χ0v) is 37.6. The fraction of sp³-hybridized carbons (Fsp3) is 0. The van der Waals surface area contributed by atoms with Crippen LogP contribution in [0.25, 0.3) is 133 Å². The standard InChI is InChI=1S/C63H39N7/c1-3-17-40(18-4-1)61-64-62(41-31-33-43(34-32-41)67-53-26-12-7-21-45(53)46-22-8-13-27-54(46)67)66-63(65-61)70-57-30-16-11-25-49(57)50-36-37-51-52-39-44(68-55-28-14-9-23-47(55)48-24-10-15-29-56(48)68)35-38-58(52)69(59(51)60(50)70)42-19-5-2-6-20-42/h1-39H. The summed E-state index contributed by atoms with van der Waals surface area (Å²) in [5, 5.41) is 9.46. The predicted molar refractivity (Wildman–Crippen MR) is 288 cm³/mol. The fourth-order valence-electron chi connectivity index (χ4n) is 11.2.